The van der Waals surface area contributed by atoms with Crippen LogP contribution >= 0.6 is 0 Å². The highest BCUT2D eigenvalue weighted by Crippen LogP contribution is 2.15. The second kappa shape index (κ2) is 10.2. The third-order valence-corrected chi connectivity index (χ3v) is 3.70. The number of hydrogen-bond donors (Lipinski definition) is 1. The molecule has 0 fully saturated rings. The first-order valence-corrected chi connectivity index (χ1v) is 7.93. The number of aliphatic imine (C=N–C) groups is 1. The zero-order valence-electron chi connectivity index (χ0n) is 12.7. The Labute approximate surface area is 119 Å². The summed E-state index contributed by atoms with van der Waals surface area (Å²) in [6.45, 7) is 5.21. The summed E-state index contributed by atoms with van der Waals surface area (Å²) < 4.78 is 0. The number of rotatable bonds is 10. The monoisotopic (exact) mass is 265 g/mol. The van der Waals surface area contributed by atoms with E-state index in [-0.39, 0.29) is 6.17 Å². The van der Waals surface area contributed by atoms with Gasteiger partial charge in [-0.25, -0.2) is 0 Å². The van der Waals surface area contributed by atoms with Crippen molar-refractivity contribution in [3.63, 3.8) is 0 Å². The van der Waals surface area contributed by atoms with Crippen LogP contribution in [0.5, 0.6) is 0 Å². The molecule has 0 amide bonds. The zero-order valence-corrected chi connectivity index (χ0v) is 12.7. The van der Waals surface area contributed by atoms with Crippen molar-refractivity contribution in [1.82, 2.24) is 4.90 Å². The molecule has 0 aromatic rings. The van der Waals surface area contributed by atoms with Gasteiger partial charge in [-0.1, -0.05) is 38.3 Å². The van der Waals surface area contributed by atoms with E-state index in [0.717, 1.165) is 13.0 Å². The van der Waals surface area contributed by atoms with Crippen LogP contribution in [-0.2, 0) is 0 Å². The lowest BCUT2D eigenvalue weighted by atomic mass is 10.1. The van der Waals surface area contributed by atoms with Crippen LogP contribution in [0.15, 0.2) is 17.1 Å². The Morgan fingerprint density at radius 2 is 2.00 bits per heavy atom. The first-order valence-electron chi connectivity index (χ1n) is 7.93. The fourth-order valence-electron chi connectivity index (χ4n) is 2.49. The molecule has 2 unspecified atom stereocenters. The summed E-state index contributed by atoms with van der Waals surface area (Å²) in [5.41, 5.74) is 5.93. The fraction of sp³-hybridized carbons (Fsp3) is 0.812. The van der Waals surface area contributed by atoms with E-state index < -0.39 is 0 Å². The van der Waals surface area contributed by atoms with Crippen molar-refractivity contribution in [2.45, 2.75) is 77.5 Å². The van der Waals surface area contributed by atoms with E-state index in [1.807, 2.05) is 13.1 Å². The summed E-state index contributed by atoms with van der Waals surface area (Å²) in [6.07, 6.45) is 17.3. The molecule has 0 aliphatic carbocycles. The summed E-state index contributed by atoms with van der Waals surface area (Å²) in [7, 11) is 0. The normalized spacial score (nSPS) is 21.5. The summed E-state index contributed by atoms with van der Waals surface area (Å²) >= 11 is 0. The highest BCUT2D eigenvalue weighted by molar-refractivity contribution is 5.62. The van der Waals surface area contributed by atoms with Crippen LogP contribution in [0.1, 0.15) is 65.2 Å². The van der Waals surface area contributed by atoms with E-state index in [9.17, 15) is 0 Å². The van der Waals surface area contributed by atoms with Gasteiger partial charge in [-0.15, -0.1) is 0 Å². The second-order valence-electron chi connectivity index (χ2n) is 5.50. The molecule has 0 spiro atoms. The largest absolute Gasteiger partial charge is 0.316 e. The Morgan fingerprint density at radius 1 is 1.26 bits per heavy atom. The molecule has 110 valence electrons. The van der Waals surface area contributed by atoms with Gasteiger partial charge in [0.05, 0.1) is 6.17 Å². The molecule has 0 aromatic carbocycles. The van der Waals surface area contributed by atoms with Gasteiger partial charge in [0.2, 0.25) is 0 Å². The summed E-state index contributed by atoms with van der Waals surface area (Å²) in [5, 5.41) is 0. The van der Waals surface area contributed by atoms with Crippen LogP contribution in [0.2, 0.25) is 0 Å². The predicted molar refractivity (Wildman–Crippen MR) is 84.4 cm³/mol. The van der Waals surface area contributed by atoms with Crippen LogP contribution in [0, 0.1) is 0 Å². The maximum atomic E-state index is 5.93. The molecule has 3 heteroatoms. The maximum absolute atomic E-state index is 5.93. The Morgan fingerprint density at radius 3 is 2.68 bits per heavy atom. The molecule has 19 heavy (non-hydrogen) atoms. The van der Waals surface area contributed by atoms with Gasteiger partial charge in [0, 0.05) is 12.8 Å². The average molecular weight is 265 g/mol. The molecule has 2 N–H and O–H groups in total. The highest BCUT2D eigenvalue weighted by atomic mass is 15.3. The number of unbranched alkanes of at least 4 members (excludes halogenated alkanes) is 5. The van der Waals surface area contributed by atoms with Crippen molar-refractivity contribution in [3.8, 4) is 0 Å². The topological polar surface area (TPSA) is 41.6 Å². The Hall–Kier alpha value is -0.670. The fourth-order valence-corrected chi connectivity index (χ4v) is 2.49. The van der Waals surface area contributed by atoms with Gasteiger partial charge in [0.1, 0.15) is 6.17 Å². The van der Waals surface area contributed by atoms with Crippen molar-refractivity contribution in [3.05, 3.63) is 12.2 Å². The molecule has 0 bridgehead atoms. The van der Waals surface area contributed by atoms with E-state index in [4.69, 9.17) is 5.73 Å². The van der Waals surface area contributed by atoms with E-state index in [1.54, 1.807) is 0 Å². The molecule has 1 heterocycles. The van der Waals surface area contributed by atoms with Gasteiger partial charge >= 0.3 is 0 Å². The smallest absolute Gasteiger partial charge is 0.103 e. The maximum Gasteiger partial charge on any atom is 0.103 e. The zero-order chi connectivity index (χ0) is 13.9. The molecule has 1 aliphatic rings. The standard InChI is InChI=1S/C16H31N3/c1-3-4-5-6-7-8-9-10-11-12-16-18-13-14-19(16)15(2)17/h8-9,13,15-16H,3-7,10-12,14,17H2,1-2H3/b9-8+. The predicted octanol–water partition coefficient (Wildman–Crippen LogP) is 3.70. The lowest BCUT2D eigenvalue weighted by molar-refractivity contribution is 0.183. The number of nitrogens with zero attached hydrogens (tertiary/aromatic N) is 2. The molecule has 0 saturated heterocycles. The summed E-state index contributed by atoms with van der Waals surface area (Å²) in [5.74, 6) is 0. The van der Waals surface area contributed by atoms with Gasteiger partial charge in [0.15, 0.2) is 0 Å². The van der Waals surface area contributed by atoms with Crippen LogP contribution in [0.4, 0.5) is 0 Å². The third-order valence-electron chi connectivity index (χ3n) is 3.70. The van der Waals surface area contributed by atoms with Crippen molar-refractivity contribution >= 4 is 6.21 Å². The Kier molecular flexibility index (Phi) is 8.76. The SMILES string of the molecule is CCCCCC/C=C/CCCC1N=CCN1C(C)N. The Balaban J connectivity index is 2.01. The van der Waals surface area contributed by atoms with E-state index >= 15 is 0 Å². The molecule has 1 aliphatic heterocycles. The minimum atomic E-state index is 0.113. The highest BCUT2D eigenvalue weighted by Gasteiger charge is 2.22. The van der Waals surface area contributed by atoms with Gasteiger partial charge in [-0.3, -0.25) is 9.89 Å². The van der Waals surface area contributed by atoms with E-state index in [0.29, 0.717) is 6.17 Å². The van der Waals surface area contributed by atoms with E-state index in [2.05, 4.69) is 29.0 Å². The van der Waals surface area contributed by atoms with Gasteiger partial charge in [-0.05, 0) is 39.0 Å². The molecular weight excluding hydrogens is 234 g/mol. The second-order valence-corrected chi connectivity index (χ2v) is 5.50. The lowest BCUT2D eigenvalue weighted by Crippen LogP contribution is -2.43. The van der Waals surface area contributed by atoms with Crippen molar-refractivity contribution in [2.75, 3.05) is 6.54 Å². The quantitative estimate of drug-likeness (QED) is 0.483. The summed E-state index contributed by atoms with van der Waals surface area (Å²) in [4.78, 5) is 6.76. The number of nitrogens with two attached hydrogens (primary N) is 1. The molecule has 0 aromatic heterocycles. The van der Waals surface area contributed by atoms with E-state index in [1.165, 1.54) is 44.9 Å². The van der Waals surface area contributed by atoms with Gasteiger partial charge in [0.25, 0.3) is 0 Å². The number of hydrogen-bond acceptors (Lipinski definition) is 3. The van der Waals surface area contributed by atoms with Crippen LogP contribution in [0.25, 0.3) is 0 Å². The molecule has 0 saturated carbocycles. The van der Waals surface area contributed by atoms with Crippen LogP contribution in [-0.4, -0.2) is 30.0 Å². The van der Waals surface area contributed by atoms with Crippen LogP contribution < -0.4 is 5.73 Å². The average Bonchev–Trinajstić information content (AvgIpc) is 2.85. The van der Waals surface area contributed by atoms with Crippen molar-refractivity contribution < 1.29 is 0 Å². The first kappa shape index (κ1) is 16.4. The van der Waals surface area contributed by atoms with Gasteiger partial charge < -0.3 is 5.73 Å². The molecule has 0 radical (unpaired) electrons. The lowest BCUT2D eigenvalue weighted by Gasteiger charge is -2.26. The summed E-state index contributed by atoms with van der Waals surface area (Å²) in [6, 6.07) is 0. The molecule has 3 nitrogen and oxygen atoms in total. The Bertz CT molecular complexity index is 271. The van der Waals surface area contributed by atoms with Crippen molar-refractivity contribution in [1.29, 1.82) is 0 Å². The van der Waals surface area contributed by atoms with Crippen molar-refractivity contribution in [2.24, 2.45) is 10.7 Å². The molecule has 2 atom stereocenters. The van der Waals surface area contributed by atoms with Crippen LogP contribution in [0.3, 0.4) is 0 Å². The minimum absolute atomic E-state index is 0.113. The molecular formula is C16H31N3. The molecule has 1 rings (SSSR count). The minimum Gasteiger partial charge on any atom is -0.316 e. The number of allylic oxidation sites excluding steroid dienone is 2. The van der Waals surface area contributed by atoms with Gasteiger partial charge in [-0.2, -0.15) is 0 Å². The first-order chi connectivity index (χ1) is 9.25. The third kappa shape index (κ3) is 6.88.